The van der Waals surface area contributed by atoms with E-state index in [1.165, 1.54) is 0 Å². The lowest BCUT2D eigenvalue weighted by Crippen LogP contribution is -2.15. The topological polar surface area (TPSA) is 80.4 Å². The van der Waals surface area contributed by atoms with Crippen LogP contribution < -0.4 is 5.14 Å². The first kappa shape index (κ1) is 11.0. The minimum atomic E-state index is -3.85. The Morgan fingerprint density at radius 3 is 2.43 bits per heavy atom. The molecule has 0 aliphatic heterocycles. The molecule has 0 bridgehead atoms. The molecule has 0 atom stereocenters. The van der Waals surface area contributed by atoms with Crippen molar-refractivity contribution in [2.75, 3.05) is 0 Å². The molecule has 0 unspecified atom stereocenters. The summed E-state index contributed by atoms with van der Waals surface area (Å²) in [5.74, 6) is -0.244. The summed E-state index contributed by atoms with van der Waals surface area (Å²) in [5, 5.41) is 14.6. The number of hydrogen-bond donors (Lipinski definition) is 2. The van der Waals surface area contributed by atoms with E-state index in [0.717, 1.165) is 0 Å². The van der Waals surface area contributed by atoms with E-state index in [-0.39, 0.29) is 10.6 Å². The predicted octanol–water partition coefficient (Wildman–Crippen LogP) is 0.910. The third-order valence-corrected chi connectivity index (χ3v) is 3.10. The van der Waals surface area contributed by atoms with Gasteiger partial charge in [0.2, 0.25) is 10.0 Å². The Kier molecular flexibility index (Phi) is 2.82. The Morgan fingerprint density at radius 1 is 1.43 bits per heavy atom. The number of aromatic hydroxyl groups is 1. The largest absolute Gasteiger partial charge is 0.506 e. The lowest BCUT2D eigenvalue weighted by Gasteiger charge is -2.09. The van der Waals surface area contributed by atoms with Crippen LogP contribution in [0.15, 0.2) is 17.0 Å². The first-order valence-electron chi connectivity index (χ1n) is 4.22. The van der Waals surface area contributed by atoms with Gasteiger partial charge in [-0.15, -0.1) is 0 Å². The molecular formula is C9H13NO3S. The zero-order valence-electron chi connectivity index (χ0n) is 8.11. The standard InChI is InChI=1S/C9H13NO3S/c1-3-7-5-4-6(2)8(11)9(7)14(10,12)13/h4-5,11H,3H2,1-2H3,(H2,10,12,13). The molecule has 78 valence electrons. The zero-order valence-corrected chi connectivity index (χ0v) is 8.93. The highest BCUT2D eigenvalue weighted by atomic mass is 32.2. The third kappa shape index (κ3) is 1.88. The van der Waals surface area contributed by atoms with Gasteiger partial charge in [-0.2, -0.15) is 0 Å². The fourth-order valence-corrected chi connectivity index (χ4v) is 2.32. The molecule has 14 heavy (non-hydrogen) atoms. The molecule has 3 N–H and O–H groups in total. The molecule has 0 aliphatic rings. The van der Waals surface area contributed by atoms with Gasteiger partial charge < -0.3 is 5.11 Å². The minimum absolute atomic E-state index is 0.153. The number of sulfonamides is 1. The summed E-state index contributed by atoms with van der Waals surface area (Å²) in [4.78, 5) is -0.153. The molecule has 0 radical (unpaired) electrons. The third-order valence-electron chi connectivity index (χ3n) is 2.08. The summed E-state index contributed by atoms with van der Waals surface area (Å²) in [5.41, 5.74) is 1.04. The molecule has 1 aromatic carbocycles. The number of nitrogens with two attached hydrogens (primary N) is 1. The van der Waals surface area contributed by atoms with Gasteiger partial charge in [0.1, 0.15) is 10.6 Å². The van der Waals surface area contributed by atoms with Crippen LogP contribution >= 0.6 is 0 Å². The Bertz CT molecular complexity index is 451. The Morgan fingerprint density at radius 2 is 2.00 bits per heavy atom. The molecule has 0 amide bonds. The van der Waals surface area contributed by atoms with Gasteiger partial charge in [0.05, 0.1) is 0 Å². The van der Waals surface area contributed by atoms with Crippen molar-refractivity contribution < 1.29 is 13.5 Å². The average molecular weight is 215 g/mol. The lowest BCUT2D eigenvalue weighted by atomic mass is 10.1. The van der Waals surface area contributed by atoms with Gasteiger partial charge >= 0.3 is 0 Å². The molecule has 1 rings (SSSR count). The normalized spacial score (nSPS) is 11.6. The molecule has 0 aromatic heterocycles. The quantitative estimate of drug-likeness (QED) is 0.769. The Labute approximate surface area is 83.4 Å². The molecule has 0 fully saturated rings. The molecule has 1 aromatic rings. The van der Waals surface area contributed by atoms with Crippen molar-refractivity contribution in [2.45, 2.75) is 25.2 Å². The van der Waals surface area contributed by atoms with Crippen molar-refractivity contribution in [3.63, 3.8) is 0 Å². The van der Waals surface area contributed by atoms with Gasteiger partial charge in [0.15, 0.2) is 0 Å². The van der Waals surface area contributed by atoms with E-state index >= 15 is 0 Å². The van der Waals surface area contributed by atoms with Gasteiger partial charge in [-0.05, 0) is 24.5 Å². The van der Waals surface area contributed by atoms with Gasteiger partial charge in [0, 0.05) is 0 Å². The fraction of sp³-hybridized carbons (Fsp3) is 0.333. The van der Waals surface area contributed by atoms with E-state index in [1.54, 1.807) is 26.0 Å². The van der Waals surface area contributed by atoms with Crippen LogP contribution in [0.4, 0.5) is 0 Å². The smallest absolute Gasteiger partial charge is 0.242 e. The van der Waals surface area contributed by atoms with E-state index < -0.39 is 10.0 Å². The number of phenols is 1. The predicted molar refractivity (Wildman–Crippen MR) is 53.6 cm³/mol. The monoisotopic (exact) mass is 215 g/mol. The van der Waals surface area contributed by atoms with Crippen LogP contribution in [-0.2, 0) is 16.4 Å². The van der Waals surface area contributed by atoms with Gasteiger partial charge in [-0.1, -0.05) is 19.1 Å². The van der Waals surface area contributed by atoms with Crippen molar-refractivity contribution in [2.24, 2.45) is 5.14 Å². The second-order valence-corrected chi connectivity index (χ2v) is 4.62. The van der Waals surface area contributed by atoms with Crippen molar-refractivity contribution in [1.29, 1.82) is 0 Å². The number of rotatable bonds is 2. The first-order valence-corrected chi connectivity index (χ1v) is 5.76. The Balaban J connectivity index is 3.60. The van der Waals surface area contributed by atoms with Crippen LogP contribution in [0, 0.1) is 6.92 Å². The average Bonchev–Trinajstić information content (AvgIpc) is 2.07. The highest BCUT2D eigenvalue weighted by molar-refractivity contribution is 7.89. The summed E-state index contributed by atoms with van der Waals surface area (Å²) in [6.45, 7) is 3.43. The molecule has 0 spiro atoms. The molecule has 4 nitrogen and oxygen atoms in total. The number of benzene rings is 1. The number of phenolic OH excluding ortho intramolecular Hbond substituents is 1. The van der Waals surface area contributed by atoms with E-state index in [2.05, 4.69) is 0 Å². The van der Waals surface area contributed by atoms with Crippen molar-refractivity contribution in [3.05, 3.63) is 23.3 Å². The number of primary sulfonamides is 1. The van der Waals surface area contributed by atoms with Crippen LogP contribution in [0.1, 0.15) is 18.1 Å². The number of aryl methyl sites for hydroxylation is 2. The molecule has 0 heterocycles. The highest BCUT2D eigenvalue weighted by Crippen LogP contribution is 2.29. The summed E-state index contributed by atoms with van der Waals surface area (Å²) in [6.07, 6.45) is 0.513. The van der Waals surface area contributed by atoms with E-state index in [1.807, 2.05) is 0 Å². The zero-order chi connectivity index (χ0) is 10.9. The van der Waals surface area contributed by atoms with Gasteiger partial charge in [-0.25, -0.2) is 13.6 Å². The van der Waals surface area contributed by atoms with Gasteiger partial charge in [0.25, 0.3) is 0 Å². The SMILES string of the molecule is CCc1ccc(C)c(O)c1S(N)(=O)=O. The van der Waals surface area contributed by atoms with Crippen LogP contribution in [0.3, 0.4) is 0 Å². The van der Waals surface area contributed by atoms with Crippen molar-refractivity contribution >= 4 is 10.0 Å². The van der Waals surface area contributed by atoms with Crippen LogP contribution in [0.2, 0.25) is 0 Å². The summed E-state index contributed by atoms with van der Waals surface area (Å²) >= 11 is 0. The summed E-state index contributed by atoms with van der Waals surface area (Å²) in [6, 6.07) is 3.33. The molecule has 0 saturated heterocycles. The van der Waals surface area contributed by atoms with Gasteiger partial charge in [-0.3, -0.25) is 0 Å². The first-order chi connectivity index (χ1) is 6.38. The molecule has 0 saturated carbocycles. The van der Waals surface area contributed by atoms with E-state index in [4.69, 9.17) is 5.14 Å². The minimum Gasteiger partial charge on any atom is -0.506 e. The highest BCUT2D eigenvalue weighted by Gasteiger charge is 2.19. The summed E-state index contributed by atoms with van der Waals surface area (Å²) in [7, 11) is -3.85. The second-order valence-electron chi connectivity index (χ2n) is 3.12. The summed E-state index contributed by atoms with van der Waals surface area (Å²) < 4.78 is 22.4. The Hall–Kier alpha value is -1.07. The maximum absolute atomic E-state index is 11.2. The van der Waals surface area contributed by atoms with E-state index in [0.29, 0.717) is 17.5 Å². The fourth-order valence-electron chi connectivity index (χ4n) is 1.31. The van der Waals surface area contributed by atoms with Crippen LogP contribution in [-0.4, -0.2) is 13.5 Å². The molecule has 5 heteroatoms. The van der Waals surface area contributed by atoms with Crippen molar-refractivity contribution in [3.8, 4) is 5.75 Å². The lowest BCUT2D eigenvalue weighted by molar-refractivity contribution is 0.453. The van der Waals surface area contributed by atoms with Crippen LogP contribution in [0.25, 0.3) is 0 Å². The van der Waals surface area contributed by atoms with E-state index in [9.17, 15) is 13.5 Å². The maximum Gasteiger partial charge on any atom is 0.242 e. The van der Waals surface area contributed by atoms with Crippen LogP contribution in [0.5, 0.6) is 5.75 Å². The number of hydrogen-bond acceptors (Lipinski definition) is 3. The molecular weight excluding hydrogens is 202 g/mol. The maximum atomic E-state index is 11.2. The molecule has 0 aliphatic carbocycles. The second kappa shape index (κ2) is 3.59. The van der Waals surface area contributed by atoms with Crippen molar-refractivity contribution in [1.82, 2.24) is 0 Å².